The summed E-state index contributed by atoms with van der Waals surface area (Å²) in [5, 5.41) is 11.9. The zero-order valence-corrected chi connectivity index (χ0v) is 14.9. The molecule has 11 nitrogen and oxygen atoms in total. The highest BCUT2D eigenvalue weighted by Gasteiger charge is 2.06. The number of rotatable bonds is 9. The van der Waals surface area contributed by atoms with Crippen LogP contribution in [0.4, 0.5) is 5.82 Å². The highest BCUT2D eigenvalue weighted by Crippen LogP contribution is 2.27. The minimum Gasteiger partial charge on any atom is -0.493 e. The molecule has 2 rings (SSSR count). The summed E-state index contributed by atoms with van der Waals surface area (Å²) in [6.07, 6.45) is 2.32. The fourth-order valence-electron chi connectivity index (χ4n) is 1.95. The largest absolute Gasteiger partial charge is 0.493 e. The van der Waals surface area contributed by atoms with Gasteiger partial charge in [-0.2, -0.15) is 5.10 Å². The van der Waals surface area contributed by atoms with E-state index in [4.69, 9.17) is 9.47 Å². The molecule has 0 atom stereocenters. The molecule has 11 heteroatoms. The van der Waals surface area contributed by atoms with Crippen LogP contribution in [0.15, 0.2) is 32.9 Å². The van der Waals surface area contributed by atoms with E-state index < -0.39 is 17.2 Å². The molecule has 0 aliphatic rings. The first-order valence-corrected chi connectivity index (χ1v) is 8.09. The van der Waals surface area contributed by atoms with Crippen molar-refractivity contribution in [3.8, 4) is 11.5 Å². The molecule has 27 heavy (non-hydrogen) atoms. The van der Waals surface area contributed by atoms with Gasteiger partial charge in [0.05, 0.1) is 26.5 Å². The fourth-order valence-corrected chi connectivity index (χ4v) is 1.95. The number of carbonyl (C=O) groups is 1. The van der Waals surface area contributed by atoms with E-state index >= 15 is 0 Å². The molecule has 0 fully saturated rings. The van der Waals surface area contributed by atoms with Crippen LogP contribution < -0.4 is 31.5 Å². The van der Waals surface area contributed by atoms with Gasteiger partial charge in [-0.1, -0.05) is 6.92 Å². The van der Waals surface area contributed by atoms with Crippen molar-refractivity contribution in [3.05, 3.63) is 44.6 Å². The van der Waals surface area contributed by atoms with Crippen LogP contribution in [-0.4, -0.2) is 47.6 Å². The van der Waals surface area contributed by atoms with E-state index in [2.05, 4.69) is 26.0 Å². The van der Waals surface area contributed by atoms with Gasteiger partial charge < -0.3 is 14.8 Å². The molecule has 0 aliphatic carbocycles. The maximum atomic E-state index is 11.7. The van der Waals surface area contributed by atoms with Crippen LogP contribution in [0.3, 0.4) is 0 Å². The summed E-state index contributed by atoms with van der Waals surface area (Å²) < 4.78 is 10.8. The number of nitrogens with one attached hydrogen (secondary N) is 4. The van der Waals surface area contributed by atoms with Crippen LogP contribution in [0.5, 0.6) is 11.5 Å². The monoisotopic (exact) mass is 376 g/mol. The molecule has 4 N–H and O–H groups in total. The van der Waals surface area contributed by atoms with Gasteiger partial charge in [-0.25, -0.2) is 15.3 Å². The Bertz CT molecular complexity index is 920. The number of methoxy groups -OCH3 is 1. The molecule has 2 aromatic rings. The topological polar surface area (TPSA) is 151 Å². The Morgan fingerprint density at radius 3 is 2.85 bits per heavy atom. The standard InChI is InChI=1S/C16H20N6O5/c1-3-6-27-11-5-4-10(7-12(11)26-2)8-18-20-13(23)9-17-14-15(24)19-16(25)22-21-14/h4-5,7-8H,3,6,9H2,1-2H3,(H,17,21)(H,20,23)(H2,19,22,24,25)/b18-8+. The lowest BCUT2D eigenvalue weighted by atomic mass is 10.2. The van der Waals surface area contributed by atoms with Crippen molar-refractivity contribution in [2.24, 2.45) is 5.10 Å². The third kappa shape index (κ3) is 5.99. The third-order valence-electron chi connectivity index (χ3n) is 3.18. The van der Waals surface area contributed by atoms with Crippen LogP contribution in [0.2, 0.25) is 0 Å². The Kier molecular flexibility index (Phi) is 7.11. The predicted molar refractivity (Wildman–Crippen MR) is 98.5 cm³/mol. The summed E-state index contributed by atoms with van der Waals surface area (Å²) in [5.41, 5.74) is 1.54. The molecule has 0 unspecified atom stereocenters. The molecule has 0 spiro atoms. The SMILES string of the molecule is CCCOc1ccc(/C=N/NC(=O)CNc2n[nH]c(=O)[nH]c2=O)cc1OC. The van der Waals surface area contributed by atoms with Gasteiger partial charge >= 0.3 is 5.69 Å². The molecule has 0 radical (unpaired) electrons. The van der Waals surface area contributed by atoms with Gasteiger partial charge in [-0.3, -0.25) is 14.6 Å². The first-order chi connectivity index (χ1) is 13.0. The number of aromatic amines is 2. The van der Waals surface area contributed by atoms with Gasteiger partial charge in [0.25, 0.3) is 11.5 Å². The molecule has 0 aliphatic heterocycles. The van der Waals surface area contributed by atoms with Gasteiger partial charge in [0.1, 0.15) is 0 Å². The number of H-pyrrole nitrogens is 2. The molecule has 144 valence electrons. The molecule has 0 bridgehead atoms. The highest BCUT2D eigenvalue weighted by molar-refractivity contribution is 5.84. The summed E-state index contributed by atoms with van der Waals surface area (Å²) in [5.74, 6) is 0.502. The molecule has 1 amide bonds. The van der Waals surface area contributed by atoms with Crippen molar-refractivity contribution in [2.75, 3.05) is 25.6 Å². The second-order valence-electron chi connectivity index (χ2n) is 5.26. The summed E-state index contributed by atoms with van der Waals surface area (Å²) >= 11 is 0. The molecule has 1 aromatic carbocycles. The van der Waals surface area contributed by atoms with E-state index in [0.29, 0.717) is 23.7 Å². The summed E-state index contributed by atoms with van der Waals surface area (Å²) in [6.45, 7) is 2.33. The number of hydrogen-bond acceptors (Lipinski definition) is 8. The Morgan fingerprint density at radius 2 is 2.15 bits per heavy atom. The predicted octanol–water partition coefficient (Wildman–Crippen LogP) is -0.182. The number of ether oxygens (including phenoxy) is 2. The number of carbonyl (C=O) groups excluding carboxylic acids is 1. The first-order valence-electron chi connectivity index (χ1n) is 8.09. The molecular weight excluding hydrogens is 356 g/mol. The minimum absolute atomic E-state index is 0.180. The summed E-state index contributed by atoms with van der Waals surface area (Å²) in [6, 6.07) is 5.25. The minimum atomic E-state index is -0.735. The first kappa shape index (κ1) is 19.7. The number of hydrazone groups is 1. The van der Waals surface area contributed by atoms with Crippen LogP contribution in [0.25, 0.3) is 0 Å². The zero-order chi connectivity index (χ0) is 19.6. The summed E-state index contributed by atoms with van der Waals surface area (Å²) in [4.78, 5) is 36.0. The van der Waals surface area contributed by atoms with E-state index in [1.165, 1.54) is 13.3 Å². The van der Waals surface area contributed by atoms with E-state index in [-0.39, 0.29) is 12.4 Å². The quantitative estimate of drug-likeness (QED) is 0.350. The smallest absolute Gasteiger partial charge is 0.342 e. The number of benzene rings is 1. The number of aromatic nitrogens is 3. The molecule has 0 saturated carbocycles. The summed E-state index contributed by atoms with van der Waals surface area (Å²) in [7, 11) is 1.54. The lowest BCUT2D eigenvalue weighted by Crippen LogP contribution is -2.31. The zero-order valence-electron chi connectivity index (χ0n) is 14.9. The lowest BCUT2D eigenvalue weighted by molar-refractivity contribution is -0.119. The molecular formula is C16H20N6O5. The molecule has 1 heterocycles. The van der Waals surface area contributed by atoms with Gasteiger partial charge in [0.15, 0.2) is 11.5 Å². The van der Waals surface area contributed by atoms with E-state index in [1.807, 2.05) is 11.9 Å². The van der Waals surface area contributed by atoms with Crippen LogP contribution in [0, 0.1) is 0 Å². The van der Waals surface area contributed by atoms with Crippen LogP contribution >= 0.6 is 0 Å². The molecule has 1 aromatic heterocycles. The third-order valence-corrected chi connectivity index (χ3v) is 3.18. The number of hydrogen-bond donors (Lipinski definition) is 4. The van der Waals surface area contributed by atoms with Gasteiger partial charge in [0, 0.05) is 0 Å². The van der Waals surface area contributed by atoms with Crippen molar-refractivity contribution >= 4 is 17.9 Å². The Hall–Kier alpha value is -3.63. The lowest BCUT2D eigenvalue weighted by Gasteiger charge is -2.10. The van der Waals surface area contributed by atoms with Crippen LogP contribution in [0.1, 0.15) is 18.9 Å². The number of nitrogens with zero attached hydrogens (tertiary/aromatic N) is 2. The van der Waals surface area contributed by atoms with E-state index in [9.17, 15) is 14.4 Å². The normalized spacial score (nSPS) is 10.6. The van der Waals surface area contributed by atoms with Crippen molar-refractivity contribution < 1.29 is 14.3 Å². The van der Waals surface area contributed by atoms with Crippen molar-refractivity contribution in [2.45, 2.75) is 13.3 Å². The van der Waals surface area contributed by atoms with Crippen molar-refractivity contribution in [1.82, 2.24) is 20.6 Å². The van der Waals surface area contributed by atoms with E-state index in [1.54, 1.807) is 18.2 Å². The highest BCUT2D eigenvalue weighted by atomic mass is 16.5. The Labute approximate surface area is 153 Å². The van der Waals surface area contributed by atoms with E-state index in [0.717, 1.165) is 6.42 Å². The van der Waals surface area contributed by atoms with Crippen LogP contribution in [-0.2, 0) is 4.79 Å². The average molecular weight is 376 g/mol. The average Bonchev–Trinajstić information content (AvgIpc) is 2.66. The Morgan fingerprint density at radius 1 is 1.33 bits per heavy atom. The maximum Gasteiger partial charge on any atom is 0.342 e. The second-order valence-corrected chi connectivity index (χ2v) is 5.26. The van der Waals surface area contributed by atoms with Crippen molar-refractivity contribution in [3.63, 3.8) is 0 Å². The van der Waals surface area contributed by atoms with Gasteiger partial charge in [0.2, 0.25) is 5.82 Å². The maximum absolute atomic E-state index is 11.7. The van der Waals surface area contributed by atoms with Gasteiger partial charge in [-0.05, 0) is 30.2 Å². The number of amides is 1. The Balaban J connectivity index is 1.89. The second kappa shape index (κ2) is 9.75. The van der Waals surface area contributed by atoms with Gasteiger partial charge in [-0.15, -0.1) is 5.10 Å². The fraction of sp³-hybridized carbons (Fsp3) is 0.312. The number of anilines is 1. The van der Waals surface area contributed by atoms with Crippen molar-refractivity contribution in [1.29, 1.82) is 0 Å². The molecule has 0 saturated heterocycles.